The summed E-state index contributed by atoms with van der Waals surface area (Å²) in [5.74, 6) is 0. The van der Waals surface area contributed by atoms with Gasteiger partial charge in [0.1, 0.15) is 0 Å². The number of nitrogens with zero attached hydrogens (tertiary/aromatic N) is 2. The van der Waals surface area contributed by atoms with Crippen LogP contribution in [0.2, 0.25) is 5.54 Å². The fourth-order valence-corrected chi connectivity index (χ4v) is 4.98. The molecule has 1 aromatic rings. The van der Waals surface area contributed by atoms with E-state index in [1.807, 2.05) is 6.07 Å². The molecule has 0 spiro atoms. The van der Waals surface area contributed by atoms with Crippen LogP contribution in [0.15, 0.2) is 42.7 Å². The molecule has 0 aromatic heterocycles. The van der Waals surface area contributed by atoms with E-state index >= 15 is 0 Å². The van der Waals surface area contributed by atoms with Gasteiger partial charge in [0.25, 0.3) is 0 Å². The van der Waals surface area contributed by atoms with E-state index in [0.29, 0.717) is 0 Å². The molecule has 1 aromatic carbocycles. The van der Waals surface area contributed by atoms with Crippen molar-refractivity contribution in [3.63, 3.8) is 0 Å². The van der Waals surface area contributed by atoms with Crippen LogP contribution in [0.5, 0.6) is 0 Å². The zero-order valence-corrected chi connectivity index (χ0v) is 14.9. The van der Waals surface area contributed by atoms with Crippen LogP contribution in [0.25, 0.3) is 0 Å². The van der Waals surface area contributed by atoms with Gasteiger partial charge in [-0.1, -0.05) is 25.1 Å². The first-order valence-electron chi connectivity index (χ1n) is 7.54. The minimum absolute atomic E-state index is 0.256. The van der Waals surface area contributed by atoms with Crippen molar-refractivity contribution in [2.45, 2.75) is 18.9 Å². The highest BCUT2D eigenvalue weighted by Gasteiger charge is 2.44. The summed E-state index contributed by atoms with van der Waals surface area (Å²) in [6, 6.07) is 10.4. The number of hydrogen-bond acceptors (Lipinski definition) is 5. The van der Waals surface area contributed by atoms with Crippen LogP contribution in [-0.4, -0.2) is 48.2 Å². The smallest absolute Gasteiger partial charge is 0.377 e. The quantitative estimate of drug-likeness (QED) is 0.688. The van der Waals surface area contributed by atoms with Crippen molar-refractivity contribution in [3.05, 3.63) is 42.7 Å². The molecule has 1 unspecified atom stereocenters. The van der Waals surface area contributed by atoms with Crippen molar-refractivity contribution in [1.29, 1.82) is 0 Å². The molecule has 6 heteroatoms. The molecule has 0 radical (unpaired) electrons. The van der Waals surface area contributed by atoms with Crippen LogP contribution >= 0.6 is 0 Å². The highest BCUT2D eigenvalue weighted by atomic mass is 28.4. The lowest BCUT2D eigenvalue weighted by Crippen LogP contribution is -2.47. The monoisotopic (exact) mass is 322 g/mol. The number of anilines is 1. The Balaban J connectivity index is 1.85. The Morgan fingerprint density at radius 3 is 2.27 bits per heavy atom. The van der Waals surface area contributed by atoms with Gasteiger partial charge in [-0.15, -0.1) is 0 Å². The van der Waals surface area contributed by atoms with E-state index in [-0.39, 0.29) is 5.54 Å². The van der Waals surface area contributed by atoms with E-state index < -0.39 is 8.80 Å². The van der Waals surface area contributed by atoms with E-state index in [1.165, 1.54) is 5.69 Å². The summed E-state index contributed by atoms with van der Waals surface area (Å²) in [6.07, 6.45) is 5.22. The second-order valence-electron chi connectivity index (χ2n) is 5.46. The predicted molar refractivity (Wildman–Crippen MR) is 90.5 cm³/mol. The molecule has 0 bridgehead atoms. The van der Waals surface area contributed by atoms with E-state index in [4.69, 9.17) is 13.3 Å². The molecular formula is C16H26N2O3Si. The lowest BCUT2D eigenvalue weighted by atomic mass is 10.3. The summed E-state index contributed by atoms with van der Waals surface area (Å²) in [7, 11) is 2.47. The lowest BCUT2D eigenvalue weighted by Gasteiger charge is -2.31. The van der Waals surface area contributed by atoms with Crippen molar-refractivity contribution in [1.82, 2.24) is 4.90 Å². The molecule has 0 amide bonds. The maximum Gasteiger partial charge on any atom is 0.503 e. The van der Waals surface area contributed by atoms with Crippen molar-refractivity contribution in [2.75, 3.05) is 39.4 Å². The average Bonchev–Trinajstić information content (AvgIpc) is 3.05. The van der Waals surface area contributed by atoms with E-state index in [0.717, 1.165) is 19.6 Å². The van der Waals surface area contributed by atoms with E-state index in [2.05, 4.69) is 53.4 Å². The van der Waals surface area contributed by atoms with Gasteiger partial charge in [0.2, 0.25) is 0 Å². The van der Waals surface area contributed by atoms with Crippen molar-refractivity contribution < 1.29 is 13.3 Å². The Kier molecular flexibility index (Phi) is 6.02. The molecule has 1 atom stereocenters. The molecule has 2 rings (SSSR count). The van der Waals surface area contributed by atoms with Gasteiger partial charge in [-0.25, -0.2) is 0 Å². The van der Waals surface area contributed by atoms with Gasteiger partial charge in [0.05, 0.1) is 6.67 Å². The third-order valence-corrected chi connectivity index (χ3v) is 7.39. The molecule has 0 aliphatic carbocycles. The third kappa shape index (κ3) is 3.70. The first kappa shape index (κ1) is 17.0. The predicted octanol–water partition coefficient (Wildman–Crippen LogP) is 2.90. The molecule has 0 saturated heterocycles. The van der Waals surface area contributed by atoms with Crippen LogP contribution < -0.4 is 4.90 Å². The average molecular weight is 322 g/mol. The summed E-state index contributed by atoms with van der Waals surface area (Å²) in [4.78, 5) is 4.53. The maximum absolute atomic E-state index is 5.55. The Hall–Kier alpha value is -1.34. The second-order valence-corrected chi connectivity index (χ2v) is 8.88. The summed E-state index contributed by atoms with van der Waals surface area (Å²) in [5, 5.41) is 0. The fraction of sp³-hybridized carbons (Fsp3) is 0.500. The van der Waals surface area contributed by atoms with Gasteiger partial charge in [0.15, 0.2) is 0 Å². The van der Waals surface area contributed by atoms with E-state index in [9.17, 15) is 0 Å². The van der Waals surface area contributed by atoms with Gasteiger partial charge in [-0.05, 0) is 18.6 Å². The van der Waals surface area contributed by atoms with Crippen LogP contribution in [0.3, 0.4) is 0 Å². The summed E-state index contributed by atoms with van der Waals surface area (Å²) in [6.45, 7) is 3.96. The number of hydrogen-bond donors (Lipinski definition) is 0. The normalized spacial score (nSPS) is 16.4. The highest BCUT2D eigenvalue weighted by molar-refractivity contribution is 6.62. The van der Waals surface area contributed by atoms with Crippen LogP contribution in [0, 0.1) is 0 Å². The topological polar surface area (TPSA) is 34.2 Å². The first-order valence-corrected chi connectivity index (χ1v) is 9.35. The number of rotatable bonds is 8. The summed E-state index contributed by atoms with van der Waals surface area (Å²) >= 11 is 0. The van der Waals surface area contributed by atoms with Crippen molar-refractivity contribution in [3.8, 4) is 0 Å². The van der Waals surface area contributed by atoms with Gasteiger partial charge in [-0.3, -0.25) is 0 Å². The zero-order chi connectivity index (χ0) is 16.0. The zero-order valence-electron chi connectivity index (χ0n) is 13.9. The second kappa shape index (κ2) is 7.78. The molecule has 1 heterocycles. The van der Waals surface area contributed by atoms with Gasteiger partial charge in [-0.2, -0.15) is 0 Å². The van der Waals surface area contributed by atoms with Crippen LogP contribution in [0.4, 0.5) is 5.69 Å². The molecule has 1 aliphatic heterocycles. The summed E-state index contributed by atoms with van der Waals surface area (Å²) in [5.41, 5.74) is 1.47. The standard InChI is InChI=1S/C16H26N2O3Si/c1-15(22(19-2,20-3)21-4)10-11-17-12-13-18(14-17)16-8-6-5-7-9-16/h5-9,12-13,15H,10-11,14H2,1-4H3. The fourth-order valence-electron chi connectivity index (χ4n) is 2.79. The molecule has 0 N–H and O–H groups in total. The Morgan fingerprint density at radius 1 is 1.05 bits per heavy atom. The van der Waals surface area contributed by atoms with Crippen molar-refractivity contribution in [2.24, 2.45) is 0 Å². The molecule has 0 saturated carbocycles. The molecular weight excluding hydrogens is 296 g/mol. The minimum atomic E-state index is -2.54. The van der Waals surface area contributed by atoms with Gasteiger partial charge in [0, 0.05) is 51.5 Å². The summed E-state index contributed by atoms with van der Waals surface area (Å²) < 4.78 is 16.7. The number of benzene rings is 1. The Bertz CT molecular complexity index is 471. The Morgan fingerprint density at radius 2 is 1.68 bits per heavy atom. The van der Waals surface area contributed by atoms with Gasteiger partial charge < -0.3 is 23.1 Å². The number of para-hydroxylation sites is 1. The first-order chi connectivity index (χ1) is 10.6. The Labute approximate surface area is 134 Å². The third-order valence-electron chi connectivity index (χ3n) is 4.19. The maximum atomic E-state index is 5.55. The molecule has 22 heavy (non-hydrogen) atoms. The molecule has 5 nitrogen and oxygen atoms in total. The van der Waals surface area contributed by atoms with Crippen molar-refractivity contribution >= 4 is 14.5 Å². The lowest BCUT2D eigenvalue weighted by molar-refractivity contribution is 0.110. The van der Waals surface area contributed by atoms with Crippen LogP contribution in [-0.2, 0) is 13.3 Å². The SMILES string of the molecule is CO[Si](OC)(OC)C(C)CCN1C=CN(c2ccccc2)C1. The van der Waals surface area contributed by atoms with Gasteiger partial charge >= 0.3 is 8.80 Å². The molecule has 1 aliphatic rings. The largest absolute Gasteiger partial charge is 0.503 e. The van der Waals surface area contributed by atoms with Crippen LogP contribution in [0.1, 0.15) is 13.3 Å². The molecule has 122 valence electrons. The van der Waals surface area contributed by atoms with E-state index in [1.54, 1.807) is 21.3 Å². The highest BCUT2D eigenvalue weighted by Crippen LogP contribution is 2.28. The molecule has 0 fully saturated rings. The minimum Gasteiger partial charge on any atom is -0.377 e.